The molecule has 0 unspecified atom stereocenters. The van der Waals surface area contributed by atoms with E-state index < -0.39 is 0 Å². The van der Waals surface area contributed by atoms with Gasteiger partial charge in [-0.05, 0) is 51.0 Å². The Kier molecular flexibility index (Phi) is 3.98. The monoisotopic (exact) mass is 238 g/mol. The number of thiazole rings is 1. The molecule has 16 heavy (non-hydrogen) atoms. The highest BCUT2D eigenvalue weighted by Crippen LogP contribution is 2.49. The fourth-order valence-electron chi connectivity index (χ4n) is 2.17. The molecule has 1 saturated carbocycles. The molecule has 0 aromatic carbocycles. The zero-order chi connectivity index (χ0) is 11.4. The van der Waals surface area contributed by atoms with Crippen LogP contribution in [0.5, 0.6) is 0 Å². The second-order valence-electron chi connectivity index (χ2n) is 5.04. The van der Waals surface area contributed by atoms with Crippen molar-refractivity contribution in [1.82, 2.24) is 10.3 Å². The van der Waals surface area contributed by atoms with Crippen LogP contribution in [-0.4, -0.2) is 18.1 Å². The van der Waals surface area contributed by atoms with Gasteiger partial charge in [0.2, 0.25) is 0 Å². The Morgan fingerprint density at radius 2 is 2.31 bits per heavy atom. The van der Waals surface area contributed by atoms with Gasteiger partial charge in [-0.15, -0.1) is 11.3 Å². The molecular formula is C13H22N2S. The van der Waals surface area contributed by atoms with E-state index in [9.17, 15) is 0 Å². The highest BCUT2D eigenvalue weighted by atomic mass is 32.1. The summed E-state index contributed by atoms with van der Waals surface area (Å²) in [6.45, 7) is 6.74. The smallest absolute Gasteiger partial charge is 0.0797 e. The summed E-state index contributed by atoms with van der Waals surface area (Å²) < 4.78 is 0. The van der Waals surface area contributed by atoms with Crippen LogP contribution in [0.15, 0.2) is 5.51 Å². The van der Waals surface area contributed by atoms with Gasteiger partial charge in [0, 0.05) is 11.4 Å². The molecule has 1 aliphatic carbocycles. The number of aromatic nitrogens is 1. The Morgan fingerprint density at radius 3 is 2.88 bits per heavy atom. The summed E-state index contributed by atoms with van der Waals surface area (Å²) in [6.07, 6.45) is 6.64. The molecule has 3 heteroatoms. The molecular weight excluding hydrogens is 216 g/mol. The van der Waals surface area contributed by atoms with Crippen LogP contribution >= 0.6 is 11.3 Å². The second-order valence-corrected chi connectivity index (χ2v) is 5.98. The first-order valence-electron chi connectivity index (χ1n) is 6.35. The Bertz CT molecular complexity index is 328. The fraction of sp³-hybridized carbons (Fsp3) is 0.769. The van der Waals surface area contributed by atoms with Gasteiger partial charge in [0.1, 0.15) is 0 Å². The summed E-state index contributed by atoms with van der Waals surface area (Å²) in [5.41, 5.74) is 3.84. The predicted molar refractivity (Wildman–Crippen MR) is 70.0 cm³/mol. The Morgan fingerprint density at radius 1 is 1.50 bits per heavy atom. The molecule has 90 valence electrons. The van der Waals surface area contributed by atoms with Crippen molar-refractivity contribution in [2.45, 2.75) is 46.0 Å². The maximum absolute atomic E-state index is 4.32. The molecule has 1 heterocycles. The summed E-state index contributed by atoms with van der Waals surface area (Å²) in [5.74, 6) is 0. The van der Waals surface area contributed by atoms with Gasteiger partial charge in [-0.1, -0.05) is 6.92 Å². The molecule has 1 N–H and O–H groups in total. The summed E-state index contributed by atoms with van der Waals surface area (Å²) in [7, 11) is 0. The number of nitrogens with one attached hydrogen (secondary N) is 1. The molecule has 0 radical (unpaired) electrons. The third-order valence-corrected chi connectivity index (χ3v) is 4.61. The van der Waals surface area contributed by atoms with Crippen LogP contribution in [0.1, 0.15) is 43.2 Å². The van der Waals surface area contributed by atoms with Crippen molar-refractivity contribution in [2.75, 3.05) is 13.1 Å². The van der Waals surface area contributed by atoms with Gasteiger partial charge < -0.3 is 5.32 Å². The molecule has 1 aromatic rings. The van der Waals surface area contributed by atoms with Gasteiger partial charge in [-0.25, -0.2) is 4.98 Å². The largest absolute Gasteiger partial charge is 0.316 e. The Balaban J connectivity index is 1.75. The first kappa shape index (κ1) is 12.1. The molecule has 2 nitrogen and oxygen atoms in total. The standard InChI is InChI=1S/C13H22N2S/c1-3-8-14-9-13(6-7-13)5-4-12-11(2)15-10-16-12/h10,14H,3-9H2,1-2H3. The number of aryl methyl sites for hydroxylation is 2. The minimum absolute atomic E-state index is 0.631. The minimum Gasteiger partial charge on any atom is -0.316 e. The Hall–Kier alpha value is -0.410. The number of nitrogens with zero attached hydrogens (tertiary/aromatic N) is 1. The van der Waals surface area contributed by atoms with Crippen LogP contribution in [-0.2, 0) is 6.42 Å². The van der Waals surface area contributed by atoms with E-state index in [1.807, 2.05) is 16.8 Å². The maximum Gasteiger partial charge on any atom is 0.0797 e. The minimum atomic E-state index is 0.631. The molecule has 0 aliphatic heterocycles. The van der Waals surface area contributed by atoms with Crippen molar-refractivity contribution in [1.29, 1.82) is 0 Å². The first-order valence-corrected chi connectivity index (χ1v) is 7.23. The average molecular weight is 238 g/mol. The van der Waals surface area contributed by atoms with Crippen LogP contribution in [0.4, 0.5) is 0 Å². The second kappa shape index (κ2) is 5.28. The van der Waals surface area contributed by atoms with Crippen LogP contribution < -0.4 is 5.32 Å². The van der Waals surface area contributed by atoms with E-state index in [0.717, 1.165) is 0 Å². The van der Waals surface area contributed by atoms with Crippen molar-refractivity contribution in [2.24, 2.45) is 5.41 Å². The van der Waals surface area contributed by atoms with E-state index >= 15 is 0 Å². The lowest BCUT2D eigenvalue weighted by molar-refractivity contribution is 0.427. The third-order valence-electron chi connectivity index (χ3n) is 3.61. The topological polar surface area (TPSA) is 24.9 Å². The lowest BCUT2D eigenvalue weighted by Crippen LogP contribution is -2.25. The van der Waals surface area contributed by atoms with Gasteiger partial charge in [0.05, 0.1) is 11.2 Å². The van der Waals surface area contributed by atoms with Crippen molar-refractivity contribution in [3.8, 4) is 0 Å². The molecule has 0 spiro atoms. The van der Waals surface area contributed by atoms with E-state index in [4.69, 9.17) is 0 Å². The maximum atomic E-state index is 4.32. The van der Waals surface area contributed by atoms with E-state index in [1.54, 1.807) is 0 Å². The summed E-state index contributed by atoms with van der Waals surface area (Å²) in [5, 5.41) is 3.57. The van der Waals surface area contributed by atoms with Crippen LogP contribution in [0.3, 0.4) is 0 Å². The normalized spacial score (nSPS) is 17.6. The average Bonchev–Trinajstić information content (AvgIpc) is 2.93. The molecule has 0 bridgehead atoms. The molecule has 0 amide bonds. The fourth-order valence-corrected chi connectivity index (χ4v) is 2.95. The van der Waals surface area contributed by atoms with Crippen LogP contribution in [0.25, 0.3) is 0 Å². The van der Waals surface area contributed by atoms with Crippen molar-refractivity contribution in [3.63, 3.8) is 0 Å². The Labute approximate surface area is 102 Å². The predicted octanol–water partition coefficient (Wildman–Crippen LogP) is 3.16. The highest BCUT2D eigenvalue weighted by molar-refractivity contribution is 7.09. The molecule has 1 aliphatic rings. The quantitative estimate of drug-likeness (QED) is 0.738. The number of hydrogen-bond donors (Lipinski definition) is 1. The number of rotatable bonds is 7. The van der Waals surface area contributed by atoms with Crippen LogP contribution in [0.2, 0.25) is 0 Å². The van der Waals surface area contributed by atoms with E-state index in [-0.39, 0.29) is 0 Å². The summed E-state index contributed by atoms with van der Waals surface area (Å²) in [4.78, 5) is 5.80. The van der Waals surface area contributed by atoms with Crippen molar-refractivity contribution < 1.29 is 0 Å². The lowest BCUT2D eigenvalue weighted by Gasteiger charge is -2.15. The van der Waals surface area contributed by atoms with Gasteiger partial charge in [-0.3, -0.25) is 0 Å². The number of hydrogen-bond acceptors (Lipinski definition) is 3. The third kappa shape index (κ3) is 3.05. The van der Waals surface area contributed by atoms with Crippen LogP contribution in [0, 0.1) is 12.3 Å². The van der Waals surface area contributed by atoms with E-state index in [1.165, 1.54) is 55.8 Å². The summed E-state index contributed by atoms with van der Waals surface area (Å²) >= 11 is 1.81. The van der Waals surface area contributed by atoms with Gasteiger partial charge >= 0.3 is 0 Å². The SMILES string of the molecule is CCCNCC1(CCc2scnc2C)CC1. The van der Waals surface area contributed by atoms with Gasteiger partial charge in [0.15, 0.2) is 0 Å². The van der Waals surface area contributed by atoms with Gasteiger partial charge in [0.25, 0.3) is 0 Å². The first-order chi connectivity index (χ1) is 7.76. The van der Waals surface area contributed by atoms with E-state index in [2.05, 4.69) is 24.1 Å². The summed E-state index contributed by atoms with van der Waals surface area (Å²) in [6, 6.07) is 0. The van der Waals surface area contributed by atoms with Gasteiger partial charge in [-0.2, -0.15) is 0 Å². The molecule has 1 aromatic heterocycles. The molecule has 0 saturated heterocycles. The zero-order valence-electron chi connectivity index (χ0n) is 10.4. The molecule has 1 fully saturated rings. The van der Waals surface area contributed by atoms with Crippen molar-refractivity contribution in [3.05, 3.63) is 16.1 Å². The molecule has 2 rings (SSSR count). The molecule has 0 atom stereocenters. The van der Waals surface area contributed by atoms with Crippen molar-refractivity contribution >= 4 is 11.3 Å². The zero-order valence-corrected chi connectivity index (χ0v) is 11.2. The highest BCUT2D eigenvalue weighted by Gasteiger charge is 2.41. The lowest BCUT2D eigenvalue weighted by atomic mass is 9.99. The van der Waals surface area contributed by atoms with E-state index in [0.29, 0.717) is 5.41 Å².